The third kappa shape index (κ3) is 2.44. The average molecular weight is 297 g/mol. The lowest BCUT2D eigenvalue weighted by Gasteiger charge is -2.05. The van der Waals surface area contributed by atoms with Crippen LogP contribution in [0.25, 0.3) is 5.69 Å². The first-order chi connectivity index (χ1) is 8.10. The van der Waals surface area contributed by atoms with Gasteiger partial charge in [-0.15, -0.1) is 0 Å². The summed E-state index contributed by atoms with van der Waals surface area (Å²) in [5, 5.41) is 17.8. The third-order valence-electron chi connectivity index (χ3n) is 2.22. The van der Waals surface area contributed by atoms with Crippen molar-refractivity contribution in [2.45, 2.75) is 0 Å². The van der Waals surface area contributed by atoms with E-state index in [9.17, 15) is 10.1 Å². The number of benzene rings is 1. The first-order valence-electron chi connectivity index (χ1n) is 4.78. The van der Waals surface area contributed by atoms with E-state index in [-0.39, 0.29) is 5.69 Å². The molecule has 1 N–H and O–H groups in total. The normalized spacial score (nSPS) is 10.2. The molecule has 0 saturated carbocycles. The van der Waals surface area contributed by atoms with Crippen LogP contribution >= 0.6 is 15.9 Å². The molecule has 0 saturated heterocycles. The van der Waals surface area contributed by atoms with Crippen molar-refractivity contribution in [3.63, 3.8) is 0 Å². The number of non-ortho nitro benzene ring substituents is 1. The van der Waals surface area contributed by atoms with Gasteiger partial charge in [0.2, 0.25) is 0 Å². The minimum absolute atomic E-state index is 0.0264. The lowest BCUT2D eigenvalue weighted by Crippen LogP contribution is -1.99. The fourth-order valence-corrected chi connectivity index (χ4v) is 1.70. The van der Waals surface area contributed by atoms with E-state index in [0.717, 1.165) is 4.47 Å². The summed E-state index contributed by atoms with van der Waals surface area (Å²) in [7, 11) is 1.71. The number of nitrogens with zero attached hydrogens (tertiary/aromatic N) is 3. The Hall–Kier alpha value is -1.89. The third-order valence-corrected chi connectivity index (χ3v) is 2.63. The zero-order valence-electron chi connectivity index (χ0n) is 8.92. The van der Waals surface area contributed by atoms with E-state index >= 15 is 0 Å². The fourth-order valence-electron chi connectivity index (χ4n) is 1.42. The Labute approximate surface area is 106 Å². The molecule has 0 aliphatic carbocycles. The number of nitro benzene ring substituents is 1. The minimum atomic E-state index is -0.428. The summed E-state index contributed by atoms with van der Waals surface area (Å²) >= 11 is 3.28. The van der Waals surface area contributed by atoms with Crippen molar-refractivity contribution in [2.24, 2.45) is 0 Å². The van der Waals surface area contributed by atoms with E-state index in [1.54, 1.807) is 30.2 Å². The number of nitro groups is 1. The maximum absolute atomic E-state index is 10.8. The van der Waals surface area contributed by atoms with Gasteiger partial charge < -0.3 is 5.32 Å². The molecule has 6 nitrogen and oxygen atoms in total. The summed E-state index contributed by atoms with van der Waals surface area (Å²) in [6.07, 6.45) is 3.36. The average Bonchev–Trinajstić information content (AvgIpc) is 2.75. The Balaban J connectivity index is 2.53. The number of nitrogens with one attached hydrogen (secondary N) is 1. The zero-order chi connectivity index (χ0) is 12.4. The lowest BCUT2D eigenvalue weighted by molar-refractivity contribution is -0.384. The Morgan fingerprint density at radius 3 is 2.76 bits per heavy atom. The van der Waals surface area contributed by atoms with E-state index in [2.05, 4.69) is 26.3 Å². The number of anilines is 1. The van der Waals surface area contributed by atoms with Crippen molar-refractivity contribution < 1.29 is 4.92 Å². The maximum atomic E-state index is 10.8. The first-order valence-corrected chi connectivity index (χ1v) is 5.57. The topological polar surface area (TPSA) is 73.0 Å². The van der Waals surface area contributed by atoms with Gasteiger partial charge in [-0.05, 0) is 22.0 Å². The number of aromatic nitrogens is 2. The van der Waals surface area contributed by atoms with Crippen molar-refractivity contribution >= 4 is 27.3 Å². The second kappa shape index (κ2) is 4.54. The van der Waals surface area contributed by atoms with Gasteiger partial charge in [0.05, 0.1) is 21.3 Å². The van der Waals surface area contributed by atoms with Crippen molar-refractivity contribution in [2.75, 3.05) is 12.4 Å². The number of rotatable bonds is 3. The van der Waals surface area contributed by atoms with Crippen LogP contribution in [0.1, 0.15) is 0 Å². The van der Waals surface area contributed by atoms with Gasteiger partial charge in [0, 0.05) is 31.1 Å². The molecule has 0 atom stereocenters. The molecule has 0 unspecified atom stereocenters. The molecule has 2 rings (SSSR count). The van der Waals surface area contributed by atoms with Gasteiger partial charge in [0.25, 0.3) is 5.69 Å². The highest BCUT2D eigenvalue weighted by Crippen LogP contribution is 2.23. The van der Waals surface area contributed by atoms with Crippen LogP contribution in [0.5, 0.6) is 0 Å². The van der Waals surface area contributed by atoms with Gasteiger partial charge in [-0.25, -0.2) is 4.68 Å². The zero-order valence-corrected chi connectivity index (χ0v) is 10.5. The van der Waals surface area contributed by atoms with Crippen LogP contribution in [-0.4, -0.2) is 21.8 Å². The number of hydrogen-bond acceptors (Lipinski definition) is 4. The molecule has 0 amide bonds. The predicted octanol–water partition coefficient (Wildman–Crippen LogP) is 2.58. The predicted molar refractivity (Wildman–Crippen MR) is 67.5 cm³/mol. The Morgan fingerprint density at radius 1 is 1.47 bits per heavy atom. The second-order valence-corrected chi connectivity index (χ2v) is 4.26. The van der Waals surface area contributed by atoms with E-state index in [1.807, 2.05) is 0 Å². The van der Waals surface area contributed by atoms with Crippen LogP contribution in [0.15, 0.2) is 35.1 Å². The molecule has 0 spiro atoms. The quantitative estimate of drug-likeness (QED) is 0.698. The second-order valence-electron chi connectivity index (χ2n) is 3.35. The first kappa shape index (κ1) is 11.6. The molecule has 0 radical (unpaired) electrons. The van der Waals surface area contributed by atoms with E-state index < -0.39 is 4.92 Å². The fraction of sp³-hybridized carbons (Fsp3) is 0.100. The van der Waals surface area contributed by atoms with Crippen LogP contribution in [0.4, 0.5) is 11.4 Å². The molecule has 1 aromatic carbocycles. The summed E-state index contributed by atoms with van der Waals surface area (Å²) in [6, 6.07) is 4.73. The van der Waals surface area contributed by atoms with Gasteiger partial charge in [-0.3, -0.25) is 10.1 Å². The standard InChI is InChI=1S/C10H9BrN4O2/c1-12-8-2-9(4-10(3-8)15(16)17)14-6-7(11)5-13-14/h2-6,12H,1H3. The van der Waals surface area contributed by atoms with Crippen molar-refractivity contribution in [1.29, 1.82) is 0 Å². The summed E-state index contributed by atoms with van der Waals surface area (Å²) in [5.41, 5.74) is 1.33. The molecule has 0 fully saturated rings. The molecule has 1 aromatic heterocycles. The molecule has 2 aromatic rings. The van der Waals surface area contributed by atoms with Crippen molar-refractivity contribution in [1.82, 2.24) is 9.78 Å². The molecule has 88 valence electrons. The molecule has 1 heterocycles. The van der Waals surface area contributed by atoms with Gasteiger partial charge in [0.15, 0.2) is 0 Å². The van der Waals surface area contributed by atoms with Gasteiger partial charge >= 0.3 is 0 Å². The number of hydrogen-bond donors (Lipinski definition) is 1. The van der Waals surface area contributed by atoms with Crippen LogP contribution < -0.4 is 5.32 Å². The molecule has 17 heavy (non-hydrogen) atoms. The summed E-state index contributed by atoms with van der Waals surface area (Å²) in [5.74, 6) is 0. The lowest BCUT2D eigenvalue weighted by atomic mass is 10.2. The van der Waals surface area contributed by atoms with E-state index in [0.29, 0.717) is 11.4 Å². The Bertz CT molecular complexity index is 567. The summed E-state index contributed by atoms with van der Waals surface area (Å²) in [4.78, 5) is 10.4. The van der Waals surface area contributed by atoms with Gasteiger partial charge in [-0.1, -0.05) is 0 Å². The highest BCUT2D eigenvalue weighted by Gasteiger charge is 2.10. The van der Waals surface area contributed by atoms with Gasteiger partial charge in [0.1, 0.15) is 0 Å². The maximum Gasteiger partial charge on any atom is 0.273 e. The van der Waals surface area contributed by atoms with Gasteiger partial charge in [-0.2, -0.15) is 5.10 Å². The Morgan fingerprint density at radius 2 is 2.24 bits per heavy atom. The van der Waals surface area contributed by atoms with E-state index in [1.165, 1.54) is 12.1 Å². The van der Waals surface area contributed by atoms with Crippen LogP contribution in [0.3, 0.4) is 0 Å². The molecule has 0 bridgehead atoms. The minimum Gasteiger partial charge on any atom is -0.388 e. The van der Waals surface area contributed by atoms with Crippen molar-refractivity contribution in [3.8, 4) is 5.69 Å². The molecule has 7 heteroatoms. The van der Waals surface area contributed by atoms with Crippen LogP contribution in [0.2, 0.25) is 0 Å². The van der Waals surface area contributed by atoms with Crippen molar-refractivity contribution in [3.05, 3.63) is 45.2 Å². The van der Waals surface area contributed by atoms with Crippen LogP contribution in [0, 0.1) is 10.1 Å². The highest BCUT2D eigenvalue weighted by atomic mass is 79.9. The highest BCUT2D eigenvalue weighted by molar-refractivity contribution is 9.10. The monoisotopic (exact) mass is 296 g/mol. The molecular weight excluding hydrogens is 288 g/mol. The molecule has 0 aliphatic heterocycles. The van der Waals surface area contributed by atoms with Crippen LogP contribution in [-0.2, 0) is 0 Å². The largest absolute Gasteiger partial charge is 0.388 e. The number of halogens is 1. The Kier molecular flexibility index (Phi) is 3.10. The summed E-state index contributed by atoms with van der Waals surface area (Å²) < 4.78 is 2.38. The molecular formula is C10H9BrN4O2. The smallest absolute Gasteiger partial charge is 0.273 e. The SMILES string of the molecule is CNc1cc(-n2cc(Br)cn2)cc([N+](=O)[O-])c1. The van der Waals surface area contributed by atoms with E-state index in [4.69, 9.17) is 0 Å². The molecule has 0 aliphatic rings. The summed E-state index contributed by atoms with van der Waals surface area (Å²) in [6.45, 7) is 0.